The van der Waals surface area contributed by atoms with Gasteiger partial charge >= 0.3 is 0 Å². The zero-order chi connectivity index (χ0) is 15.7. The van der Waals surface area contributed by atoms with Crippen LogP contribution in [0.4, 0.5) is 8.78 Å². The van der Waals surface area contributed by atoms with Crippen LogP contribution >= 0.6 is 27.3 Å². The lowest BCUT2D eigenvalue weighted by molar-refractivity contribution is 0.480. The van der Waals surface area contributed by atoms with Gasteiger partial charge in [-0.2, -0.15) is 0 Å². The molecule has 2 aromatic carbocycles. The first-order chi connectivity index (χ1) is 10.5. The van der Waals surface area contributed by atoms with Crippen LogP contribution < -0.4 is 5.32 Å². The van der Waals surface area contributed by atoms with Crippen LogP contribution in [0.25, 0.3) is 10.1 Å². The summed E-state index contributed by atoms with van der Waals surface area (Å²) in [6.45, 7) is 0.911. The molecular formula is C16H12BrF2NOS. The highest BCUT2D eigenvalue weighted by Crippen LogP contribution is 2.30. The molecule has 0 unspecified atom stereocenters. The maximum Gasteiger partial charge on any atom is 0.159 e. The molecule has 3 rings (SSSR count). The average Bonchev–Trinajstić information content (AvgIpc) is 2.93. The molecular weight excluding hydrogens is 372 g/mol. The summed E-state index contributed by atoms with van der Waals surface area (Å²) in [5.41, 5.74) is 1.58. The monoisotopic (exact) mass is 383 g/mol. The minimum absolute atomic E-state index is 0.254. The van der Waals surface area contributed by atoms with Crippen molar-refractivity contribution in [3.8, 4) is 5.75 Å². The molecule has 2 nitrogen and oxygen atoms in total. The Morgan fingerprint density at radius 3 is 2.68 bits per heavy atom. The fourth-order valence-corrected chi connectivity index (χ4v) is 3.58. The largest absolute Gasteiger partial charge is 0.507 e. The average molecular weight is 384 g/mol. The molecule has 0 saturated carbocycles. The van der Waals surface area contributed by atoms with Gasteiger partial charge in [0.1, 0.15) is 5.75 Å². The van der Waals surface area contributed by atoms with Gasteiger partial charge in [-0.3, -0.25) is 0 Å². The number of hydrogen-bond donors (Lipinski definition) is 2. The first kappa shape index (κ1) is 15.4. The SMILES string of the molecule is Oc1cc(CNCc2cc(F)c(F)cc2Br)cc2sccc12. The van der Waals surface area contributed by atoms with E-state index in [1.165, 1.54) is 6.07 Å². The second-order valence-electron chi connectivity index (χ2n) is 4.91. The summed E-state index contributed by atoms with van der Waals surface area (Å²) >= 11 is 4.79. The molecule has 0 saturated heterocycles. The van der Waals surface area contributed by atoms with Crippen molar-refractivity contribution in [1.29, 1.82) is 0 Å². The lowest BCUT2D eigenvalue weighted by Gasteiger charge is -2.09. The smallest absolute Gasteiger partial charge is 0.159 e. The number of benzene rings is 2. The van der Waals surface area contributed by atoms with E-state index in [9.17, 15) is 13.9 Å². The molecule has 0 spiro atoms. The molecule has 1 aromatic heterocycles. The number of nitrogens with one attached hydrogen (secondary N) is 1. The molecule has 0 radical (unpaired) electrons. The van der Waals surface area contributed by atoms with Gasteiger partial charge in [0.2, 0.25) is 0 Å². The van der Waals surface area contributed by atoms with Gasteiger partial charge in [0, 0.05) is 27.6 Å². The Bertz CT molecular complexity index is 834. The first-order valence-corrected chi connectivity index (χ1v) is 8.25. The van der Waals surface area contributed by atoms with Crippen molar-refractivity contribution in [2.24, 2.45) is 0 Å². The Balaban J connectivity index is 1.71. The third kappa shape index (κ3) is 3.14. The van der Waals surface area contributed by atoms with Gasteiger partial charge < -0.3 is 10.4 Å². The maximum absolute atomic E-state index is 13.2. The van der Waals surface area contributed by atoms with Crippen molar-refractivity contribution >= 4 is 37.4 Å². The number of fused-ring (bicyclic) bond motifs is 1. The fourth-order valence-electron chi connectivity index (χ4n) is 2.25. The summed E-state index contributed by atoms with van der Waals surface area (Å²) < 4.78 is 27.8. The van der Waals surface area contributed by atoms with Crippen molar-refractivity contribution in [3.05, 3.63) is 62.9 Å². The second kappa shape index (κ2) is 6.32. The third-order valence-corrected chi connectivity index (χ3v) is 4.95. The number of thiophene rings is 1. The van der Waals surface area contributed by atoms with Crippen molar-refractivity contribution < 1.29 is 13.9 Å². The van der Waals surface area contributed by atoms with Gasteiger partial charge in [-0.15, -0.1) is 11.3 Å². The zero-order valence-corrected chi connectivity index (χ0v) is 13.8. The number of phenolic OH excluding ortho intramolecular Hbond substituents is 1. The molecule has 0 aliphatic heterocycles. The van der Waals surface area contributed by atoms with Crippen LogP contribution in [0.3, 0.4) is 0 Å². The van der Waals surface area contributed by atoms with Crippen LogP contribution in [-0.4, -0.2) is 5.11 Å². The van der Waals surface area contributed by atoms with E-state index in [0.29, 0.717) is 23.1 Å². The van der Waals surface area contributed by atoms with E-state index in [0.717, 1.165) is 21.7 Å². The molecule has 0 atom stereocenters. The van der Waals surface area contributed by atoms with E-state index >= 15 is 0 Å². The molecule has 0 aliphatic carbocycles. The minimum atomic E-state index is -0.872. The molecule has 3 aromatic rings. The number of phenols is 1. The van der Waals surface area contributed by atoms with E-state index in [1.54, 1.807) is 17.4 Å². The number of aromatic hydroxyl groups is 1. The van der Waals surface area contributed by atoms with Gasteiger partial charge in [0.05, 0.1) is 0 Å². The lowest BCUT2D eigenvalue weighted by Crippen LogP contribution is -2.13. The van der Waals surface area contributed by atoms with Crippen LogP contribution in [0.15, 0.2) is 40.2 Å². The second-order valence-corrected chi connectivity index (χ2v) is 6.71. The highest BCUT2D eigenvalue weighted by atomic mass is 79.9. The summed E-state index contributed by atoms with van der Waals surface area (Å²) in [7, 11) is 0. The van der Waals surface area contributed by atoms with Gasteiger partial charge in [0.15, 0.2) is 11.6 Å². The van der Waals surface area contributed by atoms with Crippen LogP contribution in [0.5, 0.6) is 5.75 Å². The minimum Gasteiger partial charge on any atom is -0.507 e. The van der Waals surface area contributed by atoms with Crippen molar-refractivity contribution in [1.82, 2.24) is 5.32 Å². The summed E-state index contributed by atoms with van der Waals surface area (Å²) in [5, 5.41) is 15.9. The summed E-state index contributed by atoms with van der Waals surface area (Å²) in [6, 6.07) is 7.89. The van der Waals surface area contributed by atoms with Crippen molar-refractivity contribution in [2.45, 2.75) is 13.1 Å². The van der Waals surface area contributed by atoms with Crippen molar-refractivity contribution in [2.75, 3.05) is 0 Å². The van der Waals surface area contributed by atoms with Gasteiger partial charge in [-0.1, -0.05) is 15.9 Å². The van der Waals surface area contributed by atoms with Crippen LogP contribution in [0.2, 0.25) is 0 Å². The Kier molecular flexibility index (Phi) is 4.42. The fraction of sp³-hybridized carbons (Fsp3) is 0.125. The van der Waals surface area contributed by atoms with Gasteiger partial charge in [0.25, 0.3) is 0 Å². The predicted molar refractivity (Wildman–Crippen MR) is 88.1 cm³/mol. The standard InChI is InChI=1S/C16H12BrF2NOS/c17-12-6-14(19)13(18)5-10(12)8-20-7-9-3-15(21)11-1-2-22-16(11)4-9/h1-6,20-21H,7-8H2. The van der Waals surface area contributed by atoms with E-state index in [-0.39, 0.29) is 5.75 Å². The zero-order valence-electron chi connectivity index (χ0n) is 11.4. The Morgan fingerprint density at radius 1 is 1.09 bits per heavy atom. The molecule has 0 bridgehead atoms. The third-order valence-electron chi connectivity index (χ3n) is 3.34. The number of hydrogen-bond acceptors (Lipinski definition) is 3. The molecule has 0 amide bonds. The van der Waals surface area contributed by atoms with E-state index < -0.39 is 11.6 Å². The van der Waals surface area contributed by atoms with Gasteiger partial charge in [-0.05, 0) is 46.8 Å². The first-order valence-electron chi connectivity index (χ1n) is 6.58. The highest BCUT2D eigenvalue weighted by molar-refractivity contribution is 9.10. The van der Waals surface area contributed by atoms with E-state index in [2.05, 4.69) is 21.2 Å². The van der Waals surface area contributed by atoms with Crippen LogP contribution in [-0.2, 0) is 13.1 Å². The molecule has 114 valence electrons. The topological polar surface area (TPSA) is 32.3 Å². The van der Waals surface area contributed by atoms with Gasteiger partial charge in [-0.25, -0.2) is 8.78 Å². The number of rotatable bonds is 4. The summed E-state index contributed by atoms with van der Waals surface area (Å²) in [6.07, 6.45) is 0. The van der Waals surface area contributed by atoms with Crippen LogP contribution in [0, 0.1) is 11.6 Å². The quantitative estimate of drug-likeness (QED) is 0.625. The maximum atomic E-state index is 13.2. The number of halogens is 3. The summed E-state index contributed by atoms with van der Waals surface area (Å²) in [5.74, 6) is -1.48. The Labute approximate surface area is 138 Å². The summed E-state index contributed by atoms with van der Waals surface area (Å²) in [4.78, 5) is 0. The highest BCUT2D eigenvalue weighted by Gasteiger charge is 2.08. The van der Waals surface area contributed by atoms with E-state index in [4.69, 9.17) is 0 Å². The molecule has 0 aliphatic rings. The molecule has 1 heterocycles. The normalized spacial score (nSPS) is 11.2. The Hall–Kier alpha value is -1.50. The van der Waals surface area contributed by atoms with Crippen molar-refractivity contribution in [3.63, 3.8) is 0 Å². The van der Waals surface area contributed by atoms with E-state index in [1.807, 2.05) is 17.5 Å². The molecule has 2 N–H and O–H groups in total. The lowest BCUT2D eigenvalue weighted by atomic mass is 10.1. The molecule has 0 fully saturated rings. The predicted octanol–water partition coefficient (Wildman–Crippen LogP) is 4.94. The van der Waals surface area contributed by atoms with Crippen LogP contribution in [0.1, 0.15) is 11.1 Å². The Morgan fingerprint density at radius 2 is 1.86 bits per heavy atom. The molecule has 6 heteroatoms. The molecule has 22 heavy (non-hydrogen) atoms.